The number of aliphatic imine (C=N–C) groups is 1. The molecule has 5 nitrogen and oxygen atoms in total. The summed E-state index contributed by atoms with van der Waals surface area (Å²) in [5.41, 5.74) is 1.38. The van der Waals surface area contributed by atoms with E-state index < -0.39 is 0 Å². The van der Waals surface area contributed by atoms with Gasteiger partial charge in [-0.3, -0.25) is 9.89 Å². The minimum absolute atomic E-state index is 0.503. The van der Waals surface area contributed by atoms with Crippen LogP contribution in [0.15, 0.2) is 33.7 Å². The Kier molecular flexibility index (Phi) is 8.42. The number of halogens is 1. The lowest BCUT2D eigenvalue weighted by atomic mass is 10.0. The van der Waals surface area contributed by atoms with Crippen LogP contribution in [0.2, 0.25) is 0 Å². The number of guanidine groups is 1. The zero-order valence-electron chi connectivity index (χ0n) is 16.4. The molecular weight excluding hydrogens is 404 g/mol. The molecule has 27 heavy (non-hydrogen) atoms. The van der Waals surface area contributed by atoms with E-state index in [-0.39, 0.29) is 0 Å². The molecule has 0 aromatic heterocycles. The van der Waals surface area contributed by atoms with E-state index in [1.54, 1.807) is 0 Å². The molecule has 0 radical (unpaired) electrons. The molecule has 2 fully saturated rings. The zero-order chi connectivity index (χ0) is 18.9. The Bertz CT molecular complexity index is 580. The van der Waals surface area contributed by atoms with E-state index in [4.69, 9.17) is 4.74 Å². The Morgan fingerprint density at radius 1 is 1.19 bits per heavy atom. The van der Waals surface area contributed by atoms with Gasteiger partial charge in [0.15, 0.2) is 5.96 Å². The molecular formula is C21H33BrN4O. The number of hydrogen-bond donors (Lipinski definition) is 2. The van der Waals surface area contributed by atoms with Gasteiger partial charge in [0.1, 0.15) is 0 Å². The average molecular weight is 437 g/mol. The van der Waals surface area contributed by atoms with Gasteiger partial charge in [0, 0.05) is 57.0 Å². The molecule has 2 N–H and O–H groups in total. The number of benzene rings is 1. The van der Waals surface area contributed by atoms with Crippen LogP contribution < -0.4 is 10.6 Å². The molecule has 0 atom stereocenters. The number of likely N-dealkylation sites (tertiary alicyclic amines) is 1. The molecule has 0 unspecified atom stereocenters. The highest BCUT2D eigenvalue weighted by Gasteiger charge is 2.21. The second-order valence-electron chi connectivity index (χ2n) is 7.69. The molecule has 1 aromatic carbocycles. The topological polar surface area (TPSA) is 48.9 Å². The van der Waals surface area contributed by atoms with Crippen molar-refractivity contribution in [2.75, 3.05) is 39.9 Å². The maximum Gasteiger partial charge on any atom is 0.191 e. The number of rotatable bonds is 9. The molecule has 0 bridgehead atoms. The largest absolute Gasteiger partial charge is 0.381 e. The molecule has 6 heteroatoms. The van der Waals surface area contributed by atoms with E-state index in [0.717, 1.165) is 75.0 Å². The molecule has 1 saturated heterocycles. The highest BCUT2D eigenvalue weighted by atomic mass is 79.9. The van der Waals surface area contributed by atoms with Crippen molar-refractivity contribution < 1.29 is 4.74 Å². The Hall–Kier alpha value is -1.11. The van der Waals surface area contributed by atoms with Gasteiger partial charge in [-0.25, -0.2) is 0 Å². The molecule has 1 aliphatic heterocycles. The molecule has 1 aromatic rings. The standard InChI is InChI=1S/C21H33BrN4O/c1-23-21(24-11-2-14-27-16-18-3-4-18)25-20-9-12-26(13-10-20)15-17-5-7-19(22)8-6-17/h5-8,18,20H,2-4,9-16H2,1H3,(H2,23,24,25). The van der Waals surface area contributed by atoms with Gasteiger partial charge in [0.05, 0.1) is 0 Å². The lowest BCUT2D eigenvalue weighted by molar-refractivity contribution is 0.123. The Balaban J connectivity index is 1.28. The van der Waals surface area contributed by atoms with Crippen molar-refractivity contribution in [3.05, 3.63) is 34.3 Å². The van der Waals surface area contributed by atoms with Gasteiger partial charge in [0.2, 0.25) is 0 Å². The van der Waals surface area contributed by atoms with Crippen LogP contribution in [0, 0.1) is 5.92 Å². The van der Waals surface area contributed by atoms with Gasteiger partial charge < -0.3 is 15.4 Å². The highest BCUT2D eigenvalue weighted by molar-refractivity contribution is 9.10. The van der Waals surface area contributed by atoms with E-state index >= 15 is 0 Å². The fraction of sp³-hybridized carbons (Fsp3) is 0.667. The van der Waals surface area contributed by atoms with Gasteiger partial charge in [-0.15, -0.1) is 0 Å². The second-order valence-corrected chi connectivity index (χ2v) is 8.61. The summed E-state index contributed by atoms with van der Waals surface area (Å²) >= 11 is 3.50. The molecule has 0 spiro atoms. The number of nitrogens with zero attached hydrogens (tertiary/aromatic N) is 2. The number of hydrogen-bond acceptors (Lipinski definition) is 3. The smallest absolute Gasteiger partial charge is 0.191 e. The quantitative estimate of drug-likeness (QED) is 0.353. The minimum atomic E-state index is 0.503. The lowest BCUT2D eigenvalue weighted by Gasteiger charge is -2.33. The molecule has 150 valence electrons. The summed E-state index contributed by atoms with van der Waals surface area (Å²) in [5, 5.41) is 7.00. The number of ether oxygens (including phenoxy) is 1. The molecule has 0 amide bonds. The Morgan fingerprint density at radius 3 is 2.59 bits per heavy atom. The predicted octanol–water partition coefficient (Wildman–Crippen LogP) is 3.40. The number of nitrogens with one attached hydrogen (secondary N) is 2. The van der Waals surface area contributed by atoms with Crippen molar-refractivity contribution >= 4 is 21.9 Å². The fourth-order valence-electron chi connectivity index (χ4n) is 3.39. The number of piperidine rings is 1. The van der Waals surface area contributed by atoms with Gasteiger partial charge in [-0.05, 0) is 55.7 Å². The summed E-state index contributed by atoms with van der Waals surface area (Å²) in [6.07, 6.45) is 6.05. The van der Waals surface area contributed by atoms with E-state index in [1.807, 2.05) is 7.05 Å². The zero-order valence-corrected chi connectivity index (χ0v) is 18.0. The maximum atomic E-state index is 5.68. The summed E-state index contributed by atoms with van der Waals surface area (Å²) in [6.45, 7) is 5.99. The van der Waals surface area contributed by atoms with Gasteiger partial charge >= 0.3 is 0 Å². The SMILES string of the molecule is CN=C(NCCCOCC1CC1)NC1CCN(Cc2ccc(Br)cc2)CC1. The first-order chi connectivity index (χ1) is 13.2. The average Bonchev–Trinajstić information content (AvgIpc) is 3.51. The maximum absolute atomic E-state index is 5.68. The first-order valence-corrected chi connectivity index (χ1v) is 11.0. The van der Waals surface area contributed by atoms with E-state index in [2.05, 4.69) is 60.7 Å². The van der Waals surface area contributed by atoms with Crippen LogP contribution in [-0.4, -0.2) is 56.8 Å². The Morgan fingerprint density at radius 2 is 1.93 bits per heavy atom. The third kappa shape index (κ3) is 7.80. The molecule has 3 rings (SSSR count). The normalized spacial score (nSPS) is 19.3. The van der Waals surface area contributed by atoms with Crippen molar-refractivity contribution in [1.82, 2.24) is 15.5 Å². The molecule has 1 saturated carbocycles. The van der Waals surface area contributed by atoms with Crippen LogP contribution in [-0.2, 0) is 11.3 Å². The van der Waals surface area contributed by atoms with Crippen molar-refractivity contribution in [2.45, 2.75) is 44.7 Å². The molecule has 2 aliphatic rings. The van der Waals surface area contributed by atoms with Crippen molar-refractivity contribution in [1.29, 1.82) is 0 Å². The molecule has 1 aliphatic carbocycles. The van der Waals surface area contributed by atoms with Crippen LogP contribution in [0.1, 0.15) is 37.7 Å². The van der Waals surface area contributed by atoms with Gasteiger partial charge in [-0.1, -0.05) is 28.1 Å². The highest BCUT2D eigenvalue weighted by Crippen LogP contribution is 2.28. The van der Waals surface area contributed by atoms with Crippen molar-refractivity contribution in [2.24, 2.45) is 10.9 Å². The van der Waals surface area contributed by atoms with Gasteiger partial charge in [-0.2, -0.15) is 0 Å². The van der Waals surface area contributed by atoms with Crippen LogP contribution in [0.25, 0.3) is 0 Å². The van der Waals surface area contributed by atoms with Crippen LogP contribution in [0.5, 0.6) is 0 Å². The summed E-state index contributed by atoms with van der Waals surface area (Å²) < 4.78 is 6.82. The van der Waals surface area contributed by atoms with Crippen molar-refractivity contribution in [3.63, 3.8) is 0 Å². The third-order valence-electron chi connectivity index (χ3n) is 5.28. The fourth-order valence-corrected chi connectivity index (χ4v) is 3.65. The van der Waals surface area contributed by atoms with Crippen molar-refractivity contribution in [3.8, 4) is 0 Å². The summed E-state index contributed by atoms with van der Waals surface area (Å²) in [4.78, 5) is 6.91. The summed E-state index contributed by atoms with van der Waals surface area (Å²) in [6, 6.07) is 9.15. The van der Waals surface area contributed by atoms with E-state index in [9.17, 15) is 0 Å². The monoisotopic (exact) mass is 436 g/mol. The van der Waals surface area contributed by atoms with Crippen LogP contribution >= 0.6 is 15.9 Å². The third-order valence-corrected chi connectivity index (χ3v) is 5.81. The minimum Gasteiger partial charge on any atom is -0.381 e. The first kappa shape index (κ1) is 20.6. The van der Waals surface area contributed by atoms with E-state index in [0.29, 0.717) is 6.04 Å². The second kappa shape index (κ2) is 11.0. The lowest BCUT2D eigenvalue weighted by Crippen LogP contribution is -2.48. The van der Waals surface area contributed by atoms with Crippen LogP contribution in [0.4, 0.5) is 0 Å². The predicted molar refractivity (Wildman–Crippen MR) is 115 cm³/mol. The molecule has 1 heterocycles. The van der Waals surface area contributed by atoms with Gasteiger partial charge in [0.25, 0.3) is 0 Å². The summed E-state index contributed by atoms with van der Waals surface area (Å²) in [7, 11) is 1.85. The van der Waals surface area contributed by atoms with E-state index in [1.165, 1.54) is 18.4 Å². The first-order valence-electron chi connectivity index (χ1n) is 10.2. The summed E-state index contributed by atoms with van der Waals surface area (Å²) in [5.74, 6) is 1.77. The Labute approximate surface area is 172 Å². The van der Waals surface area contributed by atoms with Crippen LogP contribution in [0.3, 0.4) is 0 Å².